The molecule has 1 fully saturated rings. The van der Waals surface area contributed by atoms with E-state index in [-0.39, 0.29) is 0 Å². The molecule has 1 aliphatic carbocycles. The van der Waals surface area contributed by atoms with Crippen molar-refractivity contribution >= 4 is 23.5 Å². The van der Waals surface area contributed by atoms with Crippen molar-refractivity contribution in [2.24, 2.45) is 5.10 Å². The van der Waals surface area contributed by atoms with Crippen LogP contribution in [0.3, 0.4) is 0 Å². The van der Waals surface area contributed by atoms with Gasteiger partial charge < -0.3 is 9.73 Å². The second-order valence-electron chi connectivity index (χ2n) is 4.63. The first-order chi connectivity index (χ1) is 8.74. The number of hydrogen-bond donors (Lipinski definition) is 2. The lowest BCUT2D eigenvalue weighted by molar-refractivity contribution is 0.412. The molecule has 0 bridgehead atoms. The summed E-state index contributed by atoms with van der Waals surface area (Å²) in [4.78, 5) is 0. The van der Waals surface area contributed by atoms with Crippen LogP contribution < -0.4 is 10.7 Å². The molecule has 0 spiro atoms. The van der Waals surface area contributed by atoms with E-state index in [2.05, 4.69) is 15.8 Å². The monoisotopic (exact) mass is 265 g/mol. The van der Waals surface area contributed by atoms with Gasteiger partial charge in [0, 0.05) is 6.04 Å². The Morgan fingerprint density at radius 1 is 1.39 bits per heavy atom. The highest BCUT2D eigenvalue weighted by Crippen LogP contribution is 2.17. The summed E-state index contributed by atoms with van der Waals surface area (Å²) in [6.07, 6.45) is 7.94. The number of furan rings is 1. The minimum absolute atomic E-state index is 0.500. The first kappa shape index (κ1) is 13.1. The van der Waals surface area contributed by atoms with Gasteiger partial charge in [-0.15, -0.1) is 0 Å². The lowest BCUT2D eigenvalue weighted by Gasteiger charge is -2.23. The Balaban J connectivity index is 1.72. The number of aryl methyl sites for hydroxylation is 1. The second-order valence-corrected chi connectivity index (χ2v) is 5.04. The van der Waals surface area contributed by atoms with E-state index in [4.69, 9.17) is 16.6 Å². The number of thiocarbonyl (C=S) groups is 1. The summed E-state index contributed by atoms with van der Waals surface area (Å²) in [6, 6.07) is 4.28. The van der Waals surface area contributed by atoms with Crippen LogP contribution in [0.1, 0.15) is 43.6 Å². The molecule has 0 unspecified atom stereocenters. The first-order valence-electron chi connectivity index (χ1n) is 6.40. The molecule has 0 radical (unpaired) electrons. The Morgan fingerprint density at radius 2 is 2.17 bits per heavy atom. The van der Waals surface area contributed by atoms with Crippen LogP contribution in [0.5, 0.6) is 0 Å². The van der Waals surface area contributed by atoms with E-state index in [1.807, 2.05) is 19.1 Å². The molecule has 0 aliphatic heterocycles. The Hall–Kier alpha value is -1.36. The van der Waals surface area contributed by atoms with Gasteiger partial charge in [0.1, 0.15) is 11.5 Å². The number of nitrogens with zero attached hydrogens (tertiary/aromatic N) is 1. The molecule has 5 heteroatoms. The minimum atomic E-state index is 0.500. The van der Waals surface area contributed by atoms with Crippen LogP contribution in [0, 0.1) is 6.92 Å². The largest absolute Gasteiger partial charge is 0.460 e. The van der Waals surface area contributed by atoms with Crippen molar-refractivity contribution in [3.8, 4) is 0 Å². The fourth-order valence-electron chi connectivity index (χ4n) is 2.14. The molecule has 1 saturated carbocycles. The van der Waals surface area contributed by atoms with Crippen LogP contribution in [0.25, 0.3) is 0 Å². The molecule has 98 valence electrons. The average molecular weight is 265 g/mol. The molecule has 2 rings (SSSR count). The predicted molar refractivity (Wildman–Crippen MR) is 76.8 cm³/mol. The molecule has 1 aliphatic rings. The van der Waals surface area contributed by atoms with Gasteiger partial charge in [-0.2, -0.15) is 5.10 Å². The highest BCUT2D eigenvalue weighted by molar-refractivity contribution is 7.80. The van der Waals surface area contributed by atoms with E-state index in [0.29, 0.717) is 11.2 Å². The smallest absolute Gasteiger partial charge is 0.187 e. The van der Waals surface area contributed by atoms with Gasteiger partial charge in [-0.3, -0.25) is 5.43 Å². The predicted octanol–water partition coefficient (Wildman–Crippen LogP) is 2.72. The summed E-state index contributed by atoms with van der Waals surface area (Å²) in [5, 5.41) is 7.92. The van der Waals surface area contributed by atoms with Crippen molar-refractivity contribution in [1.82, 2.24) is 10.7 Å². The summed E-state index contributed by atoms with van der Waals surface area (Å²) in [6.45, 7) is 1.90. The maximum absolute atomic E-state index is 5.36. The summed E-state index contributed by atoms with van der Waals surface area (Å²) >= 11 is 5.19. The van der Waals surface area contributed by atoms with Gasteiger partial charge in [-0.05, 0) is 44.1 Å². The summed E-state index contributed by atoms with van der Waals surface area (Å²) in [5.41, 5.74) is 2.82. The Morgan fingerprint density at radius 3 is 2.83 bits per heavy atom. The SMILES string of the molecule is Cc1ccc(/C=N\NC(=S)NC2CCCCC2)o1. The third-order valence-corrected chi connectivity index (χ3v) is 3.27. The van der Waals surface area contributed by atoms with Gasteiger partial charge in [0.05, 0.1) is 6.21 Å². The Bertz CT molecular complexity index is 422. The quantitative estimate of drug-likeness (QED) is 0.501. The standard InChI is InChI=1S/C13H19N3OS/c1-10-7-8-12(17-10)9-14-16-13(18)15-11-5-3-2-4-6-11/h7-9,11H,2-6H2,1H3,(H2,15,16,18)/b14-9-. The van der Waals surface area contributed by atoms with Crippen molar-refractivity contribution < 1.29 is 4.42 Å². The zero-order valence-corrected chi connectivity index (χ0v) is 11.4. The minimum Gasteiger partial charge on any atom is -0.460 e. The highest BCUT2D eigenvalue weighted by Gasteiger charge is 2.13. The van der Waals surface area contributed by atoms with E-state index in [1.165, 1.54) is 32.1 Å². The lowest BCUT2D eigenvalue weighted by atomic mass is 9.96. The van der Waals surface area contributed by atoms with E-state index in [1.54, 1.807) is 6.21 Å². The van der Waals surface area contributed by atoms with E-state index in [0.717, 1.165) is 11.5 Å². The molecule has 0 atom stereocenters. The van der Waals surface area contributed by atoms with Gasteiger partial charge >= 0.3 is 0 Å². The van der Waals surface area contributed by atoms with E-state index < -0.39 is 0 Å². The topological polar surface area (TPSA) is 49.6 Å². The Labute approximate surface area is 113 Å². The molecule has 0 saturated heterocycles. The van der Waals surface area contributed by atoms with Crippen molar-refractivity contribution in [1.29, 1.82) is 0 Å². The summed E-state index contributed by atoms with van der Waals surface area (Å²) in [7, 11) is 0. The highest BCUT2D eigenvalue weighted by atomic mass is 32.1. The molecule has 0 amide bonds. The number of rotatable bonds is 3. The van der Waals surface area contributed by atoms with Crippen LogP contribution in [0.2, 0.25) is 0 Å². The van der Waals surface area contributed by atoms with Gasteiger partial charge in [0.15, 0.2) is 5.11 Å². The normalized spacial score (nSPS) is 16.9. The molecule has 18 heavy (non-hydrogen) atoms. The zero-order chi connectivity index (χ0) is 12.8. The molecule has 1 aromatic heterocycles. The fourth-order valence-corrected chi connectivity index (χ4v) is 2.36. The molecule has 1 heterocycles. The van der Waals surface area contributed by atoms with Crippen LogP contribution in [-0.4, -0.2) is 17.4 Å². The average Bonchev–Trinajstić information content (AvgIpc) is 2.76. The van der Waals surface area contributed by atoms with Crippen LogP contribution in [0.4, 0.5) is 0 Å². The summed E-state index contributed by atoms with van der Waals surface area (Å²) in [5.74, 6) is 1.60. The first-order valence-corrected chi connectivity index (χ1v) is 6.81. The van der Waals surface area contributed by atoms with Crippen molar-refractivity contribution in [2.45, 2.75) is 45.1 Å². The van der Waals surface area contributed by atoms with Crippen LogP contribution >= 0.6 is 12.2 Å². The van der Waals surface area contributed by atoms with Gasteiger partial charge in [0.25, 0.3) is 0 Å². The molecular weight excluding hydrogens is 246 g/mol. The maximum atomic E-state index is 5.36. The molecule has 4 nitrogen and oxygen atoms in total. The number of hydrazone groups is 1. The fraction of sp³-hybridized carbons (Fsp3) is 0.538. The third-order valence-electron chi connectivity index (χ3n) is 3.06. The van der Waals surface area contributed by atoms with E-state index >= 15 is 0 Å². The number of hydrogen-bond acceptors (Lipinski definition) is 3. The van der Waals surface area contributed by atoms with Crippen molar-refractivity contribution in [3.05, 3.63) is 23.7 Å². The molecule has 1 aromatic rings. The maximum Gasteiger partial charge on any atom is 0.187 e. The van der Waals surface area contributed by atoms with Crippen LogP contribution in [-0.2, 0) is 0 Å². The summed E-state index contributed by atoms with van der Waals surface area (Å²) < 4.78 is 5.36. The second kappa shape index (κ2) is 6.54. The van der Waals surface area contributed by atoms with Gasteiger partial charge in [-0.1, -0.05) is 19.3 Å². The van der Waals surface area contributed by atoms with Gasteiger partial charge in [0.2, 0.25) is 0 Å². The lowest BCUT2D eigenvalue weighted by Crippen LogP contribution is -2.40. The third kappa shape index (κ3) is 4.14. The molecule has 2 N–H and O–H groups in total. The van der Waals surface area contributed by atoms with E-state index in [9.17, 15) is 0 Å². The van der Waals surface area contributed by atoms with Crippen molar-refractivity contribution in [3.63, 3.8) is 0 Å². The van der Waals surface area contributed by atoms with Gasteiger partial charge in [-0.25, -0.2) is 0 Å². The zero-order valence-electron chi connectivity index (χ0n) is 10.6. The Kier molecular flexibility index (Phi) is 4.75. The molecule has 0 aromatic carbocycles. The van der Waals surface area contributed by atoms with Crippen LogP contribution in [0.15, 0.2) is 21.7 Å². The number of nitrogens with one attached hydrogen (secondary N) is 2. The molecular formula is C13H19N3OS. The van der Waals surface area contributed by atoms with Crippen molar-refractivity contribution in [2.75, 3.05) is 0 Å².